The van der Waals surface area contributed by atoms with Gasteiger partial charge in [0.05, 0.1) is 29.3 Å². The van der Waals surface area contributed by atoms with E-state index in [-0.39, 0.29) is 6.04 Å². The fraction of sp³-hybridized carbons (Fsp3) is 0.192. The highest BCUT2D eigenvalue weighted by Gasteiger charge is 2.35. The van der Waals surface area contributed by atoms with Gasteiger partial charge in [0.25, 0.3) is 5.89 Å². The Bertz CT molecular complexity index is 1340. The SMILES string of the molecule is CCc1ccc(C2NC(=S)N(c3cccc(OC)c3)C(C)=C2c2nc(-c3cccs3)no2)cc1. The van der Waals surface area contributed by atoms with E-state index in [9.17, 15) is 0 Å². The van der Waals surface area contributed by atoms with Gasteiger partial charge in [0.2, 0.25) is 5.82 Å². The van der Waals surface area contributed by atoms with Crippen LogP contribution in [0.2, 0.25) is 0 Å². The van der Waals surface area contributed by atoms with Crippen molar-refractivity contribution in [3.05, 3.63) is 88.8 Å². The fourth-order valence-corrected chi connectivity index (χ4v) is 5.12. The summed E-state index contributed by atoms with van der Waals surface area (Å²) >= 11 is 7.42. The number of rotatable bonds is 6. The van der Waals surface area contributed by atoms with E-state index in [4.69, 9.17) is 26.5 Å². The van der Waals surface area contributed by atoms with Gasteiger partial charge in [-0.2, -0.15) is 4.98 Å². The van der Waals surface area contributed by atoms with Crippen molar-refractivity contribution in [2.75, 3.05) is 12.0 Å². The highest BCUT2D eigenvalue weighted by atomic mass is 32.1. The third-order valence-corrected chi connectivity index (χ3v) is 7.08. The summed E-state index contributed by atoms with van der Waals surface area (Å²) in [4.78, 5) is 7.71. The molecule has 4 aromatic rings. The lowest BCUT2D eigenvalue weighted by molar-refractivity contribution is 0.404. The number of aryl methyl sites for hydroxylation is 1. The molecular formula is C26H24N4O2S2. The van der Waals surface area contributed by atoms with Crippen LogP contribution in [0.15, 0.2) is 76.3 Å². The van der Waals surface area contributed by atoms with Crippen LogP contribution >= 0.6 is 23.6 Å². The molecular weight excluding hydrogens is 464 g/mol. The average Bonchev–Trinajstić information content (AvgIpc) is 3.56. The zero-order valence-corrected chi connectivity index (χ0v) is 20.7. The van der Waals surface area contributed by atoms with Gasteiger partial charge >= 0.3 is 0 Å². The Morgan fingerprint density at radius 2 is 1.97 bits per heavy atom. The van der Waals surface area contributed by atoms with Gasteiger partial charge in [0, 0.05) is 11.8 Å². The van der Waals surface area contributed by atoms with Crippen LogP contribution in [0.3, 0.4) is 0 Å². The summed E-state index contributed by atoms with van der Waals surface area (Å²) in [5.74, 6) is 1.80. The van der Waals surface area contributed by atoms with Crippen LogP contribution < -0.4 is 15.0 Å². The maximum atomic E-state index is 5.84. The molecule has 0 fully saturated rings. The molecule has 2 aromatic carbocycles. The van der Waals surface area contributed by atoms with E-state index in [1.165, 1.54) is 5.56 Å². The van der Waals surface area contributed by atoms with Crippen molar-refractivity contribution in [1.82, 2.24) is 15.5 Å². The van der Waals surface area contributed by atoms with E-state index in [1.54, 1.807) is 18.4 Å². The second-order valence-corrected chi connectivity index (χ2v) is 9.25. The van der Waals surface area contributed by atoms with E-state index in [1.807, 2.05) is 53.6 Å². The van der Waals surface area contributed by atoms with Gasteiger partial charge in [-0.15, -0.1) is 11.3 Å². The zero-order valence-electron chi connectivity index (χ0n) is 19.1. The predicted molar refractivity (Wildman–Crippen MR) is 140 cm³/mol. The molecule has 1 atom stereocenters. The summed E-state index contributed by atoms with van der Waals surface area (Å²) in [6.45, 7) is 4.18. The Balaban J connectivity index is 1.65. The number of aromatic nitrogens is 2. The van der Waals surface area contributed by atoms with Crippen LogP contribution in [-0.4, -0.2) is 22.4 Å². The Morgan fingerprint density at radius 1 is 1.15 bits per heavy atom. The van der Waals surface area contributed by atoms with E-state index in [0.29, 0.717) is 16.8 Å². The summed E-state index contributed by atoms with van der Waals surface area (Å²) in [7, 11) is 1.65. The summed E-state index contributed by atoms with van der Waals surface area (Å²) in [6, 6.07) is 20.1. The molecule has 1 aliphatic rings. The predicted octanol–water partition coefficient (Wildman–Crippen LogP) is 6.24. The second-order valence-electron chi connectivity index (χ2n) is 7.91. The number of anilines is 1. The molecule has 0 radical (unpaired) electrons. The maximum Gasteiger partial charge on any atom is 0.258 e. The highest BCUT2D eigenvalue weighted by Crippen LogP contribution is 2.40. The lowest BCUT2D eigenvalue weighted by Crippen LogP contribution is -2.46. The van der Waals surface area contributed by atoms with Crippen molar-refractivity contribution in [1.29, 1.82) is 0 Å². The third kappa shape index (κ3) is 4.10. The standard InChI is InChI=1S/C26H24N4O2S2/c1-4-17-10-12-18(13-11-17)23-22(25-28-24(29-32-25)21-9-6-14-34-21)16(2)30(26(33)27-23)19-7-5-8-20(15-19)31-3/h5-15,23H,4H2,1-3H3,(H,27,33). The van der Waals surface area contributed by atoms with E-state index < -0.39 is 0 Å². The molecule has 2 aromatic heterocycles. The van der Waals surface area contributed by atoms with Gasteiger partial charge in [-0.3, -0.25) is 4.90 Å². The first kappa shape index (κ1) is 22.3. The van der Waals surface area contributed by atoms with Gasteiger partial charge in [0.1, 0.15) is 5.75 Å². The number of thiophene rings is 1. The maximum absolute atomic E-state index is 5.84. The lowest BCUT2D eigenvalue weighted by atomic mass is 9.93. The van der Waals surface area contributed by atoms with Crippen molar-refractivity contribution in [2.45, 2.75) is 26.3 Å². The Hall–Kier alpha value is -3.49. The van der Waals surface area contributed by atoms with Crippen LogP contribution in [0.25, 0.3) is 16.3 Å². The summed E-state index contributed by atoms with van der Waals surface area (Å²) in [5, 5.41) is 10.4. The molecule has 1 aliphatic heterocycles. The number of thiocarbonyl (C=S) groups is 1. The van der Waals surface area contributed by atoms with Crippen LogP contribution in [0.5, 0.6) is 5.75 Å². The van der Waals surface area contributed by atoms with Crippen LogP contribution in [0.1, 0.15) is 36.9 Å². The minimum Gasteiger partial charge on any atom is -0.497 e. The molecule has 0 saturated carbocycles. The minimum absolute atomic E-state index is 0.225. The van der Waals surface area contributed by atoms with E-state index >= 15 is 0 Å². The van der Waals surface area contributed by atoms with Gasteiger partial charge in [-0.25, -0.2) is 0 Å². The molecule has 1 N–H and O–H groups in total. The Labute approximate surface area is 207 Å². The molecule has 34 heavy (non-hydrogen) atoms. The molecule has 0 aliphatic carbocycles. The number of allylic oxidation sites excluding steroid dienone is 1. The highest BCUT2D eigenvalue weighted by molar-refractivity contribution is 7.80. The van der Waals surface area contributed by atoms with Gasteiger partial charge in [-0.05, 0) is 60.3 Å². The van der Waals surface area contributed by atoms with Crippen molar-refractivity contribution >= 4 is 39.9 Å². The number of benzene rings is 2. The molecule has 172 valence electrons. The number of nitrogens with one attached hydrogen (secondary N) is 1. The average molecular weight is 489 g/mol. The van der Waals surface area contributed by atoms with Gasteiger partial charge in [-0.1, -0.05) is 48.5 Å². The molecule has 6 nitrogen and oxygen atoms in total. The molecule has 5 rings (SSSR count). The number of ether oxygens (including phenoxy) is 1. The second kappa shape index (κ2) is 9.40. The largest absolute Gasteiger partial charge is 0.497 e. The Kier molecular flexibility index (Phi) is 6.17. The van der Waals surface area contributed by atoms with Crippen molar-refractivity contribution in [2.24, 2.45) is 0 Å². The number of hydrogen-bond acceptors (Lipinski definition) is 6. The van der Waals surface area contributed by atoms with Crippen LogP contribution in [0, 0.1) is 0 Å². The fourth-order valence-electron chi connectivity index (χ4n) is 4.12. The molecule has 3 heterocycles. The van der Waals surface area contributed by atoms with E-state index in [0.717, 1.165) is 39.6 Å². The minimum atomic E-state index is -0.225. The molecule has 0 spiro atoms. The number of hydrogen-bond donors (Lipinski definition) is 1. The van der Waals surface area contributed by atoms with Crippen molar-refractivity contribution in [3.8, 4) is 16.5 Å². The summed E-state index contributed by atoms with van der Waals surface area (Å²) < 4.78 is 11.3. The zero-order chi connectivity index (χ0) is 23.7. The summed E-state index contributed by atoms with van der Waals surface area (Å²) in [6.07, 6.45) is 0.982. The number of methoxy groups -OCH3 is 1. The van der Waals surface area contributed by atoms with Crippen LogP contribution in [-0.2, 0) is 6.42 Å². The topological polar surface area (TPSA) is 63.4 Å². The quantitative estimate of drug-likeness (QED) is 0.323. The van der Waals surface area contributed by atoms with Gasteiger partial charge < -0.3 is 14.6 Å². The van der Waals surface area contributed by atoms with Crippen LogP contribution in [0.4, 0.5) is 5.69 Å². The Morgan fingerprint density at radius 3 is 2.68 bits per heavy atom. The monoisotopic (exact) mass is 488 g/mol. The molecule has 8 heteroatoms. The normalized spacial score (nSPS) is 16.0. The van der Waals surface area contributed by atoms with Crippen molar-refractivity contribution in [3.63, 3.8) is 0 Å². The summed E-state index contributed by atoms with van der Waals surface area (Å²) in [5.41, 5.74) is 5.05. The molecule has 0 amide bonds. The number of nitrogens with zero attached hydrogens (tertiary/aromatic N) is 3. The molecule has 1 unspecified atom stereocenters. The van der Waals surface area contributed by atoms with E-state index in [2.05, 4.69) is 41.7 Å². The van der Waals surface area contributed by atoms with Gasteiger partial charge in [0.15, 0.2) is 5.11 Å². The first-order chi connectivity index (χ1) is 16.6. The molecule has 0 bridgehead atoms. The smallest absolute Gasteiger partial charge is 0.258 e. The lowest BCUT2D eigenvalue weighted by Gasteiger charge is -2.37. The molecule has 0 saturated heterocycles. The first-order valence-corrected chi connectivity index (χ1v) is 12.3. The first-order valence-electron chi connectivity index (χ1n) is 11.0. The van der Waals surface area contributed by atoms with Crippen molar-refractivity contribution < 1.29 is 9.26 Å². The third-order valence-electron chi connectivity index (χ3n) is 5.92.